The quantitative estimate of drug-likeness (QED) is 0.578. The van der Waals surface area contributed by atoms with Crippen LogP contribution in [0, 0.1) is 0 Å². The van der Waals surface area contributed by atoms with Crippen LogP contribution in [0.5, 0.6) is 11.5 Å². The molecule has 0 atom stereocenters. The van der Waals surface area contributed by atoms with E-state index in [-0.39, 0.29) is 6.03 Å². The molecule has 7 nitrogen and oxygen atoms in total. The van der Waals surface area contributed by atoms with Gasteiger partial charge < -0.3 is 14.5 Å². The Bertz CT molecular complexity index is 1070. The maximum atomic E-state index is 12.8. The first kappa shape index (κ1) is 21.6. The van der Waals surface area contributed by atoms with E-state index < -0.39 is 0 Å². The fraction of sp³-hybridized carbons (Fsp3) is 0.280. The number of carbonyl (C=O) groups is 1. The Balaban J connectivity index is 1.31. The fourth-order valence-corrected chi connectivity index (χ4v) is 3.64. The predicted molar refractivity (Wildman–Crippen MR) is 126 cm³/mol. The molecule has 1 fully saturated rings. The van der Waals surface area contributed by atoms with Gasteiger partial charge in [0.2, 0.25) is 0 Å². The number of nitrogens with zero attached hydrogens (tertiary/aromatic N) is 5. The highest BCUT2D eigenvalue weighted by Gasteiger charge is 2.23. The SMILES string of the molecule is C=C(C)N(C)c1cnn(C(=O)N2CCN(Cc3cccc(Oc4ccccc4)c3)CC2)c1. The molecule has 0 N–H and O–H groups in total. The van der Waals surface area contributed by atoms with E-state index in [4.69, 9.17) is 4.74 Å². The van der Waals surface area contributed by atoms with Crippen molar-refractivity contribution in [3.05, 3.63) is 84.8 Å². The fourth-order valence-electron chi connectivity index (χ4n) is 3.64. The molecule has 0 aliphatic carbocycles. The first-order valence-corrected chi connectivity index (χ1v) is 10.8. The minimum absolute atomic E-state index is 0.0933. The number of anilines is 1. The second kappa shape index (κ2) is 9.70. The summed E-state index contributed by atoms with van der Waals surface area (Å²) in [6, 6.07) is 17.9. The number of amides is 1. The molecule has 2 aromatic carbocycles. The molecule has 4 rings (SSSR count). The molecule has 1 aliphatic rings. The van der Waals surface area contributed by atoms with Gasteiger partial charge in [0.15, 0.2) is 0 Å². The summed E-state index contributed by atoms with van der Waals surface area (Å²) >= 11 is 0. The molecule has 1 aromatic heterocycles. The largest absolute Gasteiger partial charge is 0.457 e. The van der Waals surface area contributed by atoms with Crippen molar-refractivity contribution in [1.82, 2.24) is 19.6 Å². The van der Waals surface area contributed by atoms with Gasteiger partial charge in [-0.25, -0.2) is 4.79 Å². The zero-order valence-corrected chi connectivity index (χ0v) is 18.6. The lowest BCUT2D eigenvalue weighted by Crippen LogP contribution is -2.49. The number of ether oxygens (including phenoxy) is 1. The standard InChI is InChI=1S/C25H29N5O2/c1-20(2)27(3)22-17-26-30(19-22)25(31)29-14-12-28(13-15-29)18-21-8-7-11-24(16-21)32-23-9-5-4-6-10-23/h4-11,16-17,19H,1,12-15,18H2,2-3H3. The maximum absolute atomic E-state index is 12.8. The number of benzene rings is 2. The summed E-state index contributed by atoms with van der Waals surface area (Å²) in [4.78, 5) is 19.0. The highest BCUT2D eigenvalue weighted by Crippen LogP contribution is 2.23. The van der Waals surface area contributed by atoms with Crippen LogP contribution in [0.4, 0.5) is 10.5 Å². The molecule has 32 heavy (non-hydrogen) atoms. The van der Waals surface area contributed by atoms with E-state index in [1.54, 1.807) is 12.4 Å². The minimum atomic E-state index is -0.0933. The van der Waals surface area contributed by atoms with Gasteiger partial charge in [0.25, 0.3) is 0 Å². The van der Waals surface area contributed by atoms with Crippen molar-refractivity contribution in [3.63, 3.8) is 0 Å². The minimum Gasteiger partial charge on any atom is -0.457 e. The number of allylic oxidation sites excluding steroid dienone is 1. The summed E-state index contributed by atoms with van der Waals surface area (Å²) in [5.74, 6) is 1.66. The molecular weight excluding hydrogens is 402 g/mol. The van der Waals surface area contributed by atoms with Gasteiger partial charge >= 0.3 is 6.03 Å². The first-order chi connectivity index (χ1) is 15.5. The lowest BCUT2D eigenvalue weighted by Gasteiger charge is -2.34. The molecule has 0 spiro atoms. The molecule has 1 aliphatic heterocycles. The molecule has 166 valence electrons. The molecule has 0 bridgehead atoms. The third-order valence-corrected chi connectivity index (χ3v) is 5.65. The number of hydrogen-bond acceptors (Lipinski definition) is 5. The summed E-state index contributed by atoms with van der Waals surface area (Å²) in [5.41, 5.74) is 2.93. The number of carbonyl (C=O) groups excluding carboxylic acids is 1. The van der Waals surface area contributed by atoms with Crippen molar-refractivity contribution < 1.29 is 9.53 Å². The van der Waals surface area contributed by atoms with Crippen molar-refractivity contribution in [2.24, 2.45) is 0 Å². The van der Waals surface area contributed by atoms with Crippen molar-refractivity contribution in [2.45, 2.75) is 13.5 Å². The zero-order valence-electron chi connectivity index (χ0n) is 18.6. The Kier molecular flexibility index (Phi) is 6.56. The van der Waals surface area contributed by atoms with E-state index in [9.17, 15) is 4.79 Å². The first-order valence-electron chi connectivity index (χ1n) is 10.8. The van der Waals surface area contributed by atoms with Crippen LogP contribution in [0.1, 0.15) is 12.5 Å². The smallest absolute Gasteiger partial charge is 0.344 e. The Morgan fingerprint density at radius 3 is 2.50 bits per heavy atom. The second-order valence-corrected chi connectivity index (χ2v) is 8.05. The summed E-state index contributed by atoms with van der Waals surface area (Å²) < 4.78 is 7.36. The number of piperazine rings is 1. The number of hydrogen-bond donors (Lipinski definition) is 0. The van der Waals surface area contributed by atoms with Gasteiger partial charge in [-0.05, 0) is 36.8 Å². The average molecular weight is 432 g/mol. The van der Waals surface area contributed by atoms with Gasteiger partial charge in [-0.15, -0.1) is 0 Å². The molecule has 0 unspecified atom stereocenters. The highest BCUT2D eigenvalue weighted by atomic mass is 16.5. The summed E-state index contributed by atoms with van der Waals surface area (Å²) in [6.07, 6.45) is 3.44. The summed E-state index contributed by atoms with van der Waals surface area (Å²) in [7, 11) is 1.91. The lowest BCUT2D eigenvalue weighted by molar-refractivity contribution is 0.134. The van der Waals surface area contributed by atoms with Crippen LogP contribution < -0.4 is 9.64 Å². The molecule has 1 amide bonds. The second-order valence-electron chi connectivity index (χ2n) is 8.05. The van der Waals surface area contributed by atoms with Gasteiger partial charge in [-0.2, -0.15) is 9.78 Å². The molecular formula is C25H29N5O2. The molecule has 2 heterocycles. The van der Waals surface area contributed by atoms with Gasteiger partial charge in [0, 0.05) is 45.5 Å². The monoisotopic (exact) mass is 431 g/mol. The Hall–Kier alpha value is -3.58. The van der Waals surface area contributed by atoms with Gasteiger partial charge in [-0.3, -0.25) is 4.90 Å². The zero-order chi connectivity index (χ0) is 22.5. The van der Waals surface area contributed by atoms with Crippen LogP contribution in [0.15, 0.2) is 79.3 Å². The Labute approximate surface area is 189 Å². The highest BCUT2D eigenvalue weighted by molar-refractivity contribution is 5.77. The van der Waals surface area contributed by atoms with Gasteiger partial charge in [0.05, 0.1) is 18.1 Å². The third-order valence-electron chi connectivity index (χ3n) is 5.65. The van der Waals surface area contributed by atoms with E-state index >= 15 is 0 Å². The van der Waals surface area contributed by atoms with Gasteiger partial charge in [0.1, 0.15) is 11.5 Å². The Morgan fingerprint density at radius 2 is 1.78 bits per heavy atom. The van der Waals surface area contributed by atoms with Crippen LogP contribution >= 0.6 is 0 Å². The van der Waals surface area contributed by atoms with Crippen LogP contribution in [0.25, 0.3) is 0 Å². The number of rotatable bonds is 6. The molecule has 3 aromatic rings. The van der Waals surface area contributed by atoms with E-state index in [1.165, 1.54) is 10.2 Å². The van der Waals surface area contributed by atoms with Crippen LogP contribution in [0.2, 0.25) is 0 Å². The van der Waals surface area contributed by atoms with E-state index in [0.717, 1.165) is 42.5 Å². The van der Waals surface area contributed by atoms with Gasteiger partial charge in [-0.1, -0.05) is 36.9 Å². The van der Waals surface area contributed by atoms with Crippen molar-refractivity contribution >= 4 is 11.7 Å². The topological polar surface area (TPSA) is 53.8 Å². The van der Waals surface area contributed by atoms with Crippen LogP contribution in [0.3, 0.4) is 0 Å². The summed E-state index contributed by atoms with van der Waals surface area (Å²) in [5, 5.41) is 4.24. The van der Waals surface area contributed by atoms with E-state index in [1.807, 2.05) is 66.2 Å². The predicted octanol–water partition coefficient (Wildman–Crippen LogP) is 4.43. The lowest BCUT2D eigenvalue weighted by atomic mass is 10.2. The maximum Gasteiger partial charge on any atom is 0.344 e. The molecule has 7 heteroatoms. The van der Waals surface area contributed by atoms with Crippen molar-refractivity contribution in [3.8, 4) is 11.5 Å². The van der Waals surface area contributed by atoms with E-state index in [2.05, 4.69) is 28.7 Å². The normalized spacial score (nSPS) is 14.2. The Morgan fingerprint density at radius 1 is 1.06 bits per heavy atom. The summed E-state index contributed by atoms with van der Waals surface area (Å²) in [6.45, 7) is 9.64. The van der Waals surface area contributed by atoms with Crippen LogP contribution in [-0.2, 0) is 6.54 Å². The van der Waals surface area contributed by atoms with Crippen molar-refractivity contribution in [1.29, 1.82) is 0 Å². The number of aromatic nitrogens is 2. The van der Waals surface area contributed by atoms with E-state index in [0.29, 0.717) is 13.1 Å². The third kappa shape index (κ3) is 5.18. The molecule has 0 radical (unpaired) electrons. The average Bonchev–Trinajstić information content (AvgIpc) is 3.30. The van der Waals surface area contributed by atoms with Crippen LogP contribution in [-0.4, -0.2) is 58.8 Å². The number of para-hydroxylation sites is 1. The molecule has 0 saturated carbocycles. The van der Waals surface area contributed by atoms with Crippen molar-refractivity contribution in [2.75, 3.05) is 38.1 Å². The molecule has 1 saturated heterocycles.